The molecule has 0 bridgehead atoms. The van der Waals surface area contributed by atoms with Gasteiger partial charge in [-0.1, -0.05) is 0 Å². The van der Waals surface area contributed by atoms with Crippen LogP contribution >= 0.6 is 6.83 Å². The van der Waals surface area contributed by atoms with Crippen LogP contribution in [0.3, 0.4) is 0 Å². The topological polar surface area (TPSA) is 114 Å². The third kappa shape index (κ3) is 6.10. The minimum atomic E-state index is -4.99. The Kier molecular flexibility index (Phi) is 9.93. The van der Waals surface area contributed by atoms with Gasteiger partial charge in [-0.2, -0.15) is 0 Å². The zero-order valence-electron chi connectivity index (χ0n) is 27.5. The maximum absolute atomic E-state index is 13.4. The Labute approximate surface area is 285 Å². The van der Waals surface area contributed by atoms with Crippen molar-refractivity contribution in [2.75, 3.05) is 44.2 Å². The first kappa shape index (κ1) is 33.6. The van der Waals surface area contributed by atoms with Gasteiger partial charge in [0.2, 0.25) is 0 Å². The number of aromatic nitrogens is 1. The molecule has 0 unspecified atom stereocenters. The van der Waals surface area contributed by atoms with Gasteiger partial charge in [-0.25, -0.2) is 0 Å². The second kappa shape index (κ2) is 14.2. The standard InChI is InChI=1S/C37H46ClN4O5P/c43-38(44,45)47-48(31-19-7-1-8-20-31,32-21-9-2-10-22-32,33-23-11-3-12-24-33)35-37(42-29-17-6-18-30-42)46-34(39-35)36(40-25-13-4-14-26-40)41-27-15-5-16-28-41/h1-3,7-12,19-24,36H,4-6,13-18,25-30H2. The van der Waals surface area contributed by atoms with E-state index < -0.39 is 17.1 Å². The van der Waals surface area contributed by atoms with Crippen LogP contribution in [0.1, 0.15) is 69.8 Å². The van der Waals surface area contributed by atoms with E-state index in [1.807, 2.05) is 91.0 Å². The number of piperidine rings is 3. The van der Waals surface area contributed by atoms with E-state index in [9.17, 15) is 14.0 Å². The predicted octanol–water partition coefficient (Wildman–Crippen LogP) is 2.62. The number of halogens is 1. The van der Waals surface area contributed by atoms with Gasteiger partial charge in [0.05, 0.1) is 0 Å². The van der Waals surface area contributed by atoms with Crippen LogP contribution in [-0.4, -0.2) is 54.1 Å². The molecule has 7 rings (SSSR count). The summed E-state index contributed by atoms with van der Waals surface area (Å²) in [5, 5.41) is 1.70. The first-order valence-electron chi connectivity index (χ1n) is 17.5. The van der Waals surface area contributed by atoms with Crippen molar-refractivity contribution in [2.24, 2.45) is 0 Å². The molecular weight excluding hydrogens is 647 g/mol. The molecule has 3 aliphatic rings. The van der Waals surface area contributed by atoms with E-state index >= 15 is 0 Å². The summed E-state index contributed by atoms with van der Waals surface area (Å²) in [6.07, 6.45) is 9.61. The average Bonchev–Trinajstić information content (AvgIpc) is 3.59. The fraction of sp³-hybridized carbons (Fsp3) is 0.432. The Hall–Kier alpha value is -2.85. The monoisotopic (exact) mass is 692 g/mol. The number of rotatable bonds is 10. The third-order valence-corrected chi connectivity index (χ3v) is 17.0. The molecule has 48 heavy (non-hydrogen) atoms. The molecule has 0 N–H and O–H groups in total. The molecule has 3 aliphatic heterocycles. The molecule has 0 spiro atoms. The molecule has 11 heteroatoms. The first-order chi connectivity index (χ1) is 23.4. The van der Waals surface area contributed by atoms with Crippen LogP contribution in [0.2, 0.25) is 0 Å². The van der Waals surface area contributed by atoms with Crippen LogP contribution in [-0.2, 0) is 4.08 Å². The van der Waals surface area contributed by atoms with Crippen molar-refractivity contribution < 1.29 is 32.7 Å². The molecule has 3 aromatic carbocycles. The molecule has 9 nitrogen and oxygen atoms in total. The van der Waals surface area contributed by atoms with Gasteiger partial charge in [-0.05, 0) is 0 Å². The van der Waals surface area contributed by atoms with Gasteiger partial charge in [0.25, 0.3) is 0 Å². The van der Waals surface area contributed by atoms with Crippen molar-refractivity contribution in [3.05, 3.63) is 96.9 Å². The van der Waals surface area contributed by atoms with Gasteiger partial charge in [0.15, 0.2) is 0 Å². The first-order valence-corrected chi connectivity index (χ1v) is 20.8. The third-order valence-electron chi connectivity index (χ3n) is 10.3. The Morgan fingerprint density at radius 1 is 0.583 bits per heavy atom. The number of oxazole rings is 1. The quantitative estimate of drug-likeness (QED) is 0.232. The minimum absolute atomic E-state index is 0.214. The van der Waals surface area contributed by atoms with Gasteiger partial charge in [-0.3, -0.25) is 0 Å². The summed E-state index contributed by atoms with van der Waals surface area (Å²) in [7, 11) is -4.99. The van der Waals surface area contributed by atoms with Gasteiger partial charge >= 0.3 is 287 Å². The number of benzene rings is 3. The van der Waals surface area contributed by atoms with E-state index in [2.05, 4.69) is 14.7 Å². The molecule has 0 atom stereocenters. The van der Waals surface area contributed by atoms with E-state index in [4.69, 9.17) is 13.5 Å². The summed E-state index contributed by atoms with van der Waals surface area (Å²) >= 11 is 0. The second-order valence-electron chi connectivity index (χ2n) is 13.3. The normalized spacial score (nSPS) is 19.7. The summed E-state index contributed by atoms with van der Waals surface area (Å²) in [6.45, 7) is 0.202. The Balaban J connectivity index is 1.61. The number of nitrogens with zero attached hydrogens (tertiary/aromatic N) is 4. The van der Waals surface area contributed by atoms with Crippen LogP contribution in [0.25, 0.3) is 0 Å². The van der Waals surface area contributed by atoms with Gasteiger partial charge in [0, 0.05) is 0 Å². The number of likely N-dealkylation sites (tertiary alicyclic amines) is 2. The molecule has 0 aliphatic carbocycles. The summed E-state index contributed by atoms with van der Waals surface area (Å²) in [5.41, 5.74) is 0.382. The van der Waals surface area contributed by atoms with E-state index in [1.165, 1.54) is 12.8 Å². The number of hydrogen-bond acceptors (Lipinski definition) is 9. The van der Waals surface area contributed by atoms with Gasteiger partial charge in [-0.15, -0.1) is 0 Å². The van der Waals surface area contributed by atoms with Crippen molar-refractivity contribution >= 4 is 34.1 Å². The van der Waals surface area contributed by atoms with Crippen molar-refractivity contribution in [1.82, 2.24) is 14.8 Å². The van der Waals surface area contributed by atoms with Gasteiger partial charge < -0.3 is 0 Å². The molecule has 3 saturated heterocycles. The van der Waals surface area contributed by atoms with Crippen molar-refractivity contribution in [3.8, 4) is 0 Å². The Morgan fingerprint density at radius 2 is 0.979 bits per heavy atom. The molecule has 4 heterocycles. The van der Waals surface area contributed by atoms with Crippen LogP contribution in [0, 0.1) is 10.2 Å². The van der Waals surface area contributed by atoms with Crippen LogP contribution in [0.15, 0.2) is 95.4 Å². The maximum atomic E-state index is 13.4. The van der Waals surface area contributed by atoms with Crippen LogP contribution < -0.4 is 40.2 Å². The molecule has 3 fully saturated rings. The van der Waals surface area contributed by atoms with Gasteiger partial charge in [0.1, 0.15) is 0 Å². The van der Waals surface area contributed by atoms with Crippen molar-refractivity contribution in [3.63, 3.8) is 0 Å². The number of anilines is 1. The second-order valence-corrected chi connectivity index (χ2v) is 18.6. The zero-order chi connectivity index (χ0) is 33.1. The zero-order valence-corrected chi connectivity index (χ0v) is 29.1. The molecule has 1 aromatic heterocycles. The van der Waals surface area contributed by atoms with Crippen molar-refractivity contribution in [2.45, 2.75) is 64.0 Å². The Morgan fingerprint density at radius 3 is 1.38 bits per heavy atom. The van der Waals surface area contributed by atoms with E-state index in [0.29, 0.717) is 33.1 Å². The molecule has 0 amide bonds. The van der Waals surface area contributed by atoms with Crippen LogP contribution in [0.5, 0.6) is 0 Å². The van der Waals surface area contributed by atoms with E-state index in [-0.39, 0.29) is 6.17 Å². The molecule has 256 valence electrons. The molecular formula is C37H46ClN4O5P. The van der Waals surface area contributed by atoms with E-state index in [1.54, 1.807) is 0 Å². The fourth-order valence-corrected chi connectivity index (χ4v) is 15.4. The summed E-state index contributed by atoms with van der Waals surface area (Å²) in [6, 6.07) is 28.1. The van der Waals surface area contributed by atoms with Crippen molar-refractivity contribution in [1.29, 1.82) is 0 Å². The Bertz CT molecular complexity index is 1500. The predicted molar refractivity (Wildman–Crippen MR) is 182 cm³/mol. The van der Waals surface area contributed by atoms with E-state index in [0.717, 1.165) is 84.2 Å². The summed E-state index contributed by atoms with van der Waals surface area (Å²) in [5.74, 6) is 1.03. The average molecular weight is 693 g/mol. The SMILES string of the molecule is [O-][Cl+3]([O-])([O-])OP(c1ccccc1)(c1ccccc1)(c1ccccc1)c1nc(C(N2CCCCC2)N2CCCCC2)oc1N1CCCCC1. The molecule has 0 radical (unpaired) electrons. The van der Waals surface area contributed by atoms with Crippen LogP contribution in [0.4, 0.5) is 5.88 Å². The summed E-state index contributed by atoms with van der Waals surface area (Å²) in [4.78, 5) is 12.7. The molecule has 0 saturated carbocycles. The fourth-order valence-electron chi connectivity index (χ4n) is 8.15. The number of hydrogen-bond donors (Lipinski definition) is 0. The molecule has 4 aromatic rings. The summed E-state index contributed by atoms with van der Waals surface area (Å²) < 4.78 is 53.8.